The van der Waals surface area contributed by atoms with Crippen LogP contribution in [0.5, 0.6) is 0 Å². The normalized spacial score (nSPS) is 17.1. The smallest absolute Gasteiger partial charge is 0.261 e. The Morgan fingerprint density at radius 3 is 2.46 bits per heavy atom. The highest BCUT2D eigenvalue weighted by molar-refractivity contribution is 6.21. The molecule has 0 bridgehead atoms. The van der Waals surface area contributed by atoms with Gasteiger partial charge in [0.2, 0.25) is 11.8 Å². The summed E-state index contributed by atoms with van der Waals surface area (Å²) in [4.78, 5) is 42.2. The van der Waals surface area contributed by atoms with E-state index in [0.717, 1.165) is 17.7 Å². The van der Waals surface area contributed by atoms with Gasteiger partial charge in [0.25, 0.3) is 11.8 Å². The highest BCUT2D eigenvalue weighted by Crippen LogP contribution is 2.31. The molecule has 1 N–H and O–H groups in total. The molecule has 2 aliphatic rings. The fourth-order valence-corrected chi connectivity index (χ4v) is 3.78. The lowest BCUT2D eigenvalue weighted by Gasteiger charge is -2.17. The highest BCUT2D eigenvalue weighted by atomic mass is 16.5. The van der Waals surface area contributed by atoms with E-state index in [9.17, 15) is 14.4 Å². The molecule has 0 unspecified atom stereocenters. The van der Waals surface area contributed by atoms with Gasteiger partial charge in [0, 0.05) is 18.9 Å². The second-order valence-corrected chi connectivity index (χ2v) is 7.22. The molecule has 0 atom stereocenters. The Morgan fingerprint density at radius 1 is 1.11 bits per heavy atom. The molecule has 2 heterocycles. The second-order valence-electron chi connectivity index (χ2n) is 7.22. The van der Waals surface area contributed by atoms with E-state index in [1.54, 1.807) is 24.3 Å². The first-order valence-corrected chi connectivity index (χ1v) is 9.68. The van der Waals surface area contributed by atoms with Crippen molar-refractivity contribution in [3.63, 3.8) is 0 Å². The van der Waals surface area contributed by atoms with Gasteiger partial charge >= 0.3 is 0 Å². The molecular weight excluding hydrogens is 360 g/mol. The van der Waals surface area contributed by atoms with Gasteiger partial charge in [0.1, 0.15) is 0 Å². The van der Waals surface area contributed by atoms with Crippen LogP contribution >= 0.6 is 0 Å². The Morgan fingerprint density at radius 2 is 1.79 bits per heavy atom. The van der Waals surface area contributed by atoms with Crippen molar-refractivity contribution in [3.05, 3.63) is 47.1 Å². The first kappa shape index (κ1) is 18.3. The molecule has 1 aromatic carbocycles. The van der Waals surface area contributed by atoms with Crippen molar-refractivity contribution >= 4 is 17.7 Å². The van der Waals surface area contributed by atoms with E-state index in [1.165, 1.54) is 19.3 Å². The van der Waals surface area contributed by atoms with Gasteiger partial charge in [-0.3, -0.25) is 19.3 Å². The quantitative estimate of drug-likeness (QED) is 0.769. The Hall–Kier alpha value is -3.03. The zero-order valence-electron chi connectivity index (χ0n) is 15.5. The maximum Gasteiger partial charge on any atom is 0.261 e. The third kappa shape index (κ3) is 3.67. The summed E-state index contributed by atoms with van der Waals surface area (Å²) in [5, 5.41) is 6.65. The fourth-order valence-electron chi connectivity index (χ4n) is 3.78. The number of aromatic nitrogens is 2. The minimum Gasteiger partial charge on any atom is -0.349 e. The average Bonchev–Trinajstić information content (AvgIpc) is 3.30. The molecule has 8 heteroatoms. The van der Waals surface area contributed by atoms with Crippen molar-refractivity contribution in [1.82, 2.24) is 20.4 Å². The van der Waals surface area contributed by atoms with Crippen LogP contribution in [0.1, 0.15) is 76.9 Å². The third-order valence-electron chi connectivity index (χ3n) is 5.32. The minimum atomic E-state index is -0.358. The number of carbonyl (C=O) groups excluding carboxylic acids is 3. The number of carbonyl (C=O) groups is 3. The molecule has 1 aliphatic heterocycles. The van der Waals surface area contributed by atoms with E-state index in [0.29, 0.717) is 28.8 Å². The van der Waals surface area contributed by atoms with Crippen LogP contribution in [0.2, 0.25) is 0 Å². The predicted octanol–water partition coefficient (Wildman–Crippen LogP) is 2.42. The van der Waals surface area contributed by atoms with Crippen LogP contribution in [-0.4, -0.2) is 39.3 Å². The van der Waals surface area contributed by atoms with Crippen LogP contribution in [0.25, 0.3) is 0 Å². The third-order valence-corrected chi connectivity index (χ3v) is 5.32. The number of imide groups is 1. The molecule has 0 spiro atoms. The average molecular weight is 382 g/mol. The van der Waals surface area contributed by atoms with Crippen molar-refractivity contribution < 1.29 is 18.9 Å². The molecule has 3 amide bonds. The SMILES string of the molecule is O=C(CCN1C(=O)c2ccccc2C1=O)NCc1noc(C2CCCCC2)n1. The summed E-state index contributed by atoms with van der Waals surface area (Å²) in [6.07, 6.45) is 5.76. The summed E-state index contributed by atoms with van der Waals surface area (Å²) in [6, 6.07) is 6.67. The maximum atomic E-state index is 12.3. The lowest BCUT2D eigenvalue weighted by Crippen LogP contribution is -2.34. The summed E-state index contributed by atoms with van der Waals surface area (Å²) >= 11 is 0. The Bertz CT molecular complexity index is 866. The number of hydrogen-bond donors (Lipinski definition) is 1. The van der Waals surface area contributed by atoms with Gasteiger partial charge in [-0.05, 0) is 25.0 Å². The molecule has 2 aromatic rings. The molecular formula is C20H22N4O4. The van der Waals surface area contributed by atoms with E-state index in [4.69, 9.17) is 4.52 Å². The van der Waals surface area contributed by atoms with Crippen LogP contribution in [0.3, 0.4) is 0 Å². The van der Waals surface area contributed by atoms with E-state index >= 15 is 0 Å². The minimum absolute atomic E-state index is 0.0266. The standard InChI is InChI=1S/C20H22N4O4/c25-17(10-11-24-19(26)14-8-4-5-9-15(14)20(24)27)21-12-16-22-18(28-23-16)13-6-2-1-3-7-13/h4-5,8-9,13H,1-3,6-7,10-12H2,(H,21,25). The number of fused-ring (bicyclic) bond motifs is 1. The van der Waals surface area contributed by atoms with Gasteiger partial charge in [-0.25, -0.2) is 0 Å². The maximum absolute atomic E-state index is 12.3. The van der Waals surface area contributed by atoms with Crippen LogP contribution in [0, 0.1) is 0 Å². The second kappa shape index (κ2) is 7.92. The molecule has 146 valence electrons. The number of benzene rings is 1. The highest BCUT2D eigenvalue weighted by Gasteiger charge is 2.34. The van der Waals surface area contributed by atoms with Crippen LogP contribution in [0.4, 0.5) is 0 Å². The van der Waals surface area contributed by atoms with Gasteiger partial charge in [0.15, 0.2) is 5.82 Å². The summed E-state index contributed by atoms with van der Waals surface area (Å²) in [6.45, 7) is 0.203. The van der Waals surface area contributed by atoms with E-state index < -0.39 is 0 Å². The van der Waals surface area contributed by atoms with Crippen molar-refractivity contribution in [2.45, 2.75) is 51.0 Å². The zero-order chi connectivity index (χ0) is 19.5. The molecule has 1 saturated carbocycles. The van der Waals surface area contributed by atoms with Gasteiger partial charge in [-0.15, -0.1) is 0 Å². The number of nitrogens with zero attached hydrogens (tertiary/aromatic N) is 3. The van der Waals surface area contributed by atoms with Crippen molar-refractivity contribution in [3.8, 4) is 0 Å². The molecule has 0 saturated heterocycles. The molecule has 1 aliphatic carbocycles. The lowest BCUT2D eigenvalue weighted by molar-refractivity contribution is -0.121. The summed E-state index contributed by atoms with van der Waals surface area (Å²) in [5.41, 5.74) is 0.768. The number of hydrogen-bond acceptors (Lipinski definition) is 6. The molecule has 0 radical (unpaired) electrons. The molecule has 8 nitrogen and oxygen atoms in total. The van der Waals surface area contributed by atoms with Crippen LogP contribution in [0.15, 0.2) is 28.8 Å². The van der Waals surface area contributed by atoms with Crippen molar-refractivity contribution in [2.75, 3.05) is 6.54 Å². The van der Waals surface area contributed by atoms with E-state index in [2.05, 4.69) is 15.5 Å². The summed E-state index contributed by atoms with van der Waals surface area (Å²) in [5.74, 6) is 0.414. The first-order chi connectivity index (χ1) is 13.6. The number of rotatable bonds is 6. The predicted molar refractivity (Wildman–Crippen MR) is 98.4 cm³/mol. The molecule has 1 fully saturated rings. The summed E-state index contributed by atoms with van der Waals surface area (Å²) in [7, 11) is 0. The number of amides is 3. The van der Waals surface area contributed by atoms with Gasteiger partial charge in [0.05, 0.1) is 17.7 Å². The molecule has 4 rings (SSSR count). The Labute approximate surface area is 162 Å². The van der Waals surface area contributed by atoms with Crippen LogP contribution < -0.4 is 5.32 Å². The zero-order valence-corrected chi connectivity index (χ0v) is 15.5. The number of nitrogens with one attached hydrogen (secondary N) is 1. The fraction of sp³-hybridized carbons (Fsp3) is 0.450. The van der Waals surface area contributed by atoms with Gasteiger partial charge < -0.3 is 9.84 Å². The summed E-state index contributed by atoms with van der Waals surface area (Å²) < 4.78 is 5.33. The Balaban J connectivity index is 1.26. The monoisotopic (exact) mass is 382 g/mol. The van der Waals surface area contributed by atoms with E-state index in [-0.39, 0.29) is 37.2 Å². The topological polar surface area (TPSA) is 105 Å². The Kier molecular flexibility index (Phi) is 5.18. The van der Waals surface area contributed by atoms with E-state index in [1.807, 2.05) is 0 Å². The largest absolute Gasteiger partial charge is 0.349 e. The molecule has 28 heavy (non-hydrogen) atoms. The molecule has 1 aromatic heterocycles. The lowest BCUT2D eigenvalue weighted by atomic mass is 9.89. The van der Waals surface area contributed by atoms with Crippen molar-refractivity contribution in [2.24, 2.45) is 0 Å². The van der Waals surface area contributed by atoms with Gasteiger partial charge in [-0.1, -0.05) is 36.6 Å². The van der Waals surface area contributed by atoms with Crippen molar-refractivity contribution in [1.29, 1.82) is 0 Å². The van der Waals surface area contributed by atoms with Crippen LogP contribution in [-0.2, 0) is 11.3 Å². The first-order valence-electron chi connectivity index (χ1n) is 9.68. The van der Waals surface area contributed by atoms with Gasteiger partial charge in [-0.2, -0.15) is 4.98 Å².